The van der Waals surface area contributed by atoms with Crippen LogP contribution in [0.25, 0.3) is 11.4 Å². The Kier molecular flexibility index (Phi) is 4.80. The summed E-state index contributed by atoms with van der Waals surface area (Å²) in [5, 5.41) is 35.9. The maximum absolute atomic E-state index is 12.2. The third kappa shape index (κ3) is 3.46. The number of nitrogens with zero attached hydrogens (tertiary/aromatic N) is 3. The maximum atomic E-state index is 12.2. The standard InChI is InChI=1S/C12H17N7O5S2/c13-25(21,22)9-2-1-8(6-3-7(5-20)15-4-6)10(11(9)26(14,23)24)12-16-18-19-17-12/h1-2,6-7,15,20H,3-5H2,(H2,13,21,22)(H2,14,23,24)(H,16,17,18,19)/t6-,7-/m1/s1. The van der Waals surface area contributed by atoms with Crippen LogP contribution in [0.4, 0.5) is 0 Å². The smallest absolute Gasteiger partial charge is 0.240 e. The summed E-state index contributed by atoms with van der Waals surface area (Å²) in [6, 6.07) is 2.39. The molecule has 26 heavy (non-hydrogen) atoms. The molecule has 0 spiro atoms. The molecule has 2 heterocycles. The number of nitrogens with two attached hydrogens (primary N) is 2. The van der Waals surface area contributed by atoms with E-state index < -0.39 is 29.8 Å². The molecular formula is C12H17N7O5S2. The van der Waals surface area contributed by atoms with Crippen molar-refractivity contribution in [3.05, 3.63) is 17.7 Å². The van der Waals surface area contributed by atoms with Crippen LogP contribution in [0.5, 0.6) is 0 Å². The summed E-state index contributed by atoms with van der Waals surface area (Å²) < 4.78 is 48.3. The number of aliphatic hydroxyl groups is 1. The second-order valence-corrected chi connectivity index (χ2v) is 8.95. The van der Waals surface area contributed by atoms with Gasteiger partial charge in [-0.1, -0.05) is 6.07 Å². The monoisotopic (exact) mass is 403 g/mol. The minimum Gasteiger partial charge on any atom is -0.395 e. The lowest BCUT2D eigenvalue weighted by molar-refractivity contribution is 0.254. The number of aromatic nitrogens is 4. The van der Waals surface area contributed by atoms with E-state index in [0.717, 1.165) is 6.07 Å². The van der Waals surface area contributed by atoms with Crippen LogP contribution in [-0.2, 0) is 20.0 Å². The van der Waals surface area contributed by atoms with Crippen molar-refractivity contribution in [3.8, 4) is 11.4 Å². The van der Waals surface area contributed by atoms with Gasteiger partial charge in [0.2, 0.25) is 20.0 Å². The summed E-state index contributed by atoms with van der Waals surface area (Å²) >= 11 is 0. The van der Waals surface area contributed by atoms with Crippen molar-refractivity contribution in [1.82, 2.24) is 25.9 Å². The number of hydrogen-bond donors (Lipinski definition) is 5. The summed E-state index contributed by atoms with van der Waals surface area (Å²) in [5.74, 6) is -0.274. The van der Waals surface area contributed by atoms with Crippen LogP contribution in [0.15, 0.2) is 21.9 Å². The van der Waals surface area contributed by atoms with E-state index in [4.69, 9.17) is 10.3 Å². The Morgan fingerprint density at radius 3 is 2.42 bits per heavy atom. The highest BCUT2D eigenvalue weighted by Crippen LogP contribution is 2.38. The number of aliphatic hydroxyl groups excluding tert-OH is 1. The molecule has 1 fully saturated rings. The number of rotatable bonds is 5. The van der Waals surface area contributed by atoms with E-state index in [2.05, 4.69) is 25.9 Å². The topological polar surface area (TPSA) is 207 Å². The molecule has 2 atom stereocenters. The Balaban J connectivity index is 2.34. The lowest BCUT2D eigenvalue weighted by atomic mass is 9.91. The molecule has 1 saturated heterocycles. The van der Waals surface area contributed by atoms with Gasteiger partial charge in [0.05, 0.1) is 6.61 Å². The molecule has 3 rings (SSSR count). The first-order chi connectivity index (χ1) is 12.1. The van der Waals surface area contributed by atoms with Gasteiger partial charge in [-0.3, -0.25) is 0 Å². The second-order valence-electron chi connectivity index (χ2n) is 5.92. The quantitative estimate of drug-likeness (QED) is 0.360. The number of sulfonamides is 2. The van der Waals surface area contributed by atoms with Gasteiger partial charge in [-0.15, -0.1) is 5.10 Å². The SMILES string of the molecule is NS(=O)(=O)c1ccc([C@H]2CN[C@@H](CO)C2)c(-c2nnn[nH]2)c1S(N)(=O)=O. The summed E-state index contributed by atoms with van der Waals surface area (Å²) in [5.41, 5.74) is 0.429. The van der Waals surface area contributed by atoms with E-state index in [-0.39, 0.29) is 30.0 Å². The number of hydrogen-bond acceptors (Lipinski definition) is 9. The molecule has 0 saturated carbocycles. The van der Waals surface area contributed by atoms with Crippen LogP contribution >= 0.6 is 0 Å². The molecule has 0 radical (unpaired) electrons. The first-order valence-corrected chi connectivity index (χ1v) is 10.5. The molecule has 1 aliphatic rings. The predicted octanol–water partition coefficient (Wildman–Crippen LogP) is -2.40. The van der Waals surface area contributed by atoms with E-state index in [0.29, 0.717) is 18.5 Å². The Hall–Kier alpha value is -1.97. The van der Waals surface area contributed by atoms with Crippen molar-refractivity contribution >= 4 is 20.0 Å². The summed E-state index contributed by atoms with van der Waals surface area (Å²) in [6.45, 7) is 0.353. The molecule has 1 aromatic heterocycles. The Labute approximate surface area is 149 Å². The van der Waals surface area contributed by atoms with Gasteiger partial charge in [0.1, 0.15) is 9.79 Å². The molecule has 2 aromatic rings. The third-order valence-corrected chi connectivity index (χ3v) is 6.28. The Morgan fingerprint density at radius 1 is 1.19 bits per heavy atom. The zero-order chi connectivity index (χ0) is 19.1. The highest BCUT2D eigenvalue weighted by molar-refractivity contribution is 7.92. The highest BCUT2D eigenvalue weighted by Gasteiger charge is 2.34. The van der Waals surface area contributed by atoms with E-state index in [1.165, 1.54) is 6.07 Å². The molecule has 0 amide bonds. The van der Waals surface area contributed by atoms with Gasteiger partial charge in [0, 0.05) is 18.2 Å². The molecule has 14 heteroatoms. The van der Waals surface area contributed by atoms with Crippen molar-refractivity contribution < 1.29 is 21.9 Å². The zero-order valence-electron chi connectivity index (χ0n) is 13.3. The van der Waals surface area contributed by atoms with Gasteiger partial charge in [-0.05, 0) is 34.4 Å². The first-order valence-electron chi connectivity index (χ1n) is 7.43. The molecule has 0 aliphatic carbocycles. The normalized spacial score (nSPS) is 21.2. The van der Waals surface area contributed by atoms with E-state index in [9.17, 15) is 21.9 Å². The van der Waals surface area contributed by atoms with E-state index in [1.807, 2.05) is 0 Å². The molecular weight excluding hydrogens is 386 g/mol. The number of nitrogens with one attached hydrogen (secondary N) is 2. The molecule has 0 unspecified atom stereocenters. The van der Waals surface area contributed by atoms with E-state index in [1.54, 1.807) is 0 Å². The summed E-state index contributed by atoms with van der Waals surface area (Å²) in [7, 11) is -8.87. The van der Waals surface area contributed by atoms with Gasteiger partial charge in [-0.2, -0.15) is 0 Å². The fraction of sp³-hybridized carbons (Fsp3) is 0.417. The summed E-state index contributed by atoms with van der Waals surface area (Å²) in [4.78, 5) is -1.30. The second kappa shape index (κ2) is 6.64. The molecule has 1 aliphatic heterocycles. The van der Waals surface area contributed by atoms with Crippen LogP contribution in [0, 0.1) is 0 Å². The number of H-pyrrole nitrogens is 1. The van der Waals surface area contributed by atoms with Gasteiger partial charge in [0.25, 0.3) is 0 Å². The van der Waals surface area contributed by atoms with Crippen LogP contribution in [0.1, 0.15) is 17.9 Å². The Bertz CT molecular complexity index is 1020. The molecule has 0 bridgehead atoms. The molecule has 1 aromatic carbocycles. The van der Waals surface area contributed by atoms with Gasteiger partial charge in [-0.25, -0.2) is 32.2 Å². The van der Waals surface area contributed by atoms with E-state index >= 15 is 0 Å². The van der Waals surface area contributed by atoms with Crippen LogP contribution < -0.4 is 15.6 Å². The third-order valence-electron chi connectivity index (χ3n) is 4.21. The van der Waals surface area contributed by atoms with Crippen molar-refractivity contribution in [2.45, 2.75) is 28.2 Å². The fourth-order valence-electron chi connectivity index (χ4n) is 3.13. The largest absolute Gasteiger partial charge is 0.395 e. The van der Waals surface area contributed by atoms with Gasteiger partial charge >= 0.3 is 0 Å². The first kappa shape index (κ1) is 18.8. The van der Waals surface area contributed by atoms with Crippen LogP contribution in [-0.4, -0.2) is 61.8 Å². The fourth-order valence-corrected chi connectivity index (χ4v) is 5.29. The van der Waals surface area contributed by atoms with Crippen molar-refractivity contribution in [3.63, 3.8) is 0 Å². The van der Waals surface area contributed by atoms with Gasteiger partial charge < -0.3 is 10.4 Å². The number of tetrazole rings is 1. The minimum absolute atomic E-state index is 0.0468. The van der Waals surface area contributed by atoms with Gasteiger partial charge in [0.15, 0.2) is 5.82 Å². The van der Waals surface area contributed by atoms with Crippen LogP contribution in [0.3, 0.4) is 0 Å². The average molecular weight is 403 g/mol. The lowest BCUT2D eigenvalue weighted by Crippen LogP contribution is -2.24. The lowest BCUT2D eigenvalue weighted by Gasteiger charge is -2.18. The zero-order valence-corrected chi connectivity index (χ0v) is 15.0. The maximum Gasteiger partial charge on any atom is 0.240 e. The van der Waals surface area contributed by atoms with Crippen LogP contribution in [0.2, 0.25) is 0 Å². The van der Waals surface area contributed by atoms with Crippen molar-refractivity contribution in [2.75, 3.05) is 13.2 Å². The molecule has 7 N–H and O–H groups in total. The summed E-state index contributed by atoms with van der Waals surface area (Å²) in [6.07, 6.45) is 0.504. The number of aromatic amines is 1. The number of primary sulfonamides is 2. The molecule has 142 valence electrons. The molecule has 12 nitrogen and oxygen atoms in total. The minimum atomic E-state index is -4.49. The Morgan fingerprint density at radius 2 is 1.92 bits per heavy atom. The average Bonchev–Trinajstić information content (AvgIpc) is 3.23. The predicted molar refractivity (Wildman–Crippen MR) is 88.6 cm³/mol. The van der Waals surface area contributed by atoms with Crippen molar-refractivity contribution in [2.24, 2.45) is 10.3 Å². The van der Waals surface area contributed by atoms with Crippen molar-refractivity contribution in [1.29, 1.82) is 0 Å². The highest BCUT2D eigenvalue weighted by atomic mass is 32.2. The number of benzene rings is 1.